The first kappa shape index (κ1) is 18.6. The highest BCUT2D eigenvalue weighted by molar-refractivity contribution is 7.09. The molecule has 1 aromatic rings. The second kappa shape index (κ2) is 8.03. The van der Waals surface area contributed by atoms with Crippen molar-refractivity contribution < 1.29 is 9.59 Å². The highest BCUT2D eigenvalue weighted by Gasteiger charge is 2.48. The Bertz CT molecular complexity index is 669. The number of nitrogens with zero attached hydrogens (tertiary/aromatic N) is 3. The van der Waals surface area contributed by atoms with Gasteiger partial charge in [0.2, 0.25) is 0 Å². The van der Waals surface area contributed by atoms with Gasteiger partial charge in [0.05, 0.1) is 5.01 Å². The number of imide groups is 1. The van der Waals surface area contributed by atoms with Crippen LogP contribution in [0.2, 0.25) is 0 Å². The van der Waals surface area contributed by atoms with Crippen molar-refractivity contribution in [3.05, 3.63) is 16.6 Å². The Morgan fingerprint density at radius 2 is 2.23 bits per heavy atom. The van der Waals surface area contributed by atoms with Crippen LogP contribution in [0, 0.1) is 5.92 Å². The molecule has 2 fully saturated rings. The van der Waals surface area contributed by atoms with Gasteiger partial charge in [-0.2, -0.15) is 0 Å². The Balaban J connectivity index is 1.57. The molecule has 3 N–H and O–H groups in total. The lowest BCUT2D eigenvalue weighted by molar-refractivity contribution is -0.125. The van der Waals surface area contributed by atoms with E-state index in [1.165, 1.54) is 0 Å². The average molecular weight is 379 g/mol. The molecule has 3 amide bonds. The van der Waals surface area contributed by atoms with E-state index in [1.54, 1.807) is 11.3 Å². The standard InChI is InChI=1S/C17H26N6O2S/c1-3-18-15(20-7-4-13-19-8-11-26-13)23-9-5-12(6-10-23)17(2)14(24)21-16(25)22-17/h8,11-12H,3-7,9-10H2,1-2H3,(H,18,20)(H2,21,22,24,25). The van der Waals surface area contributed by atoms with Crippen LogP contribution >= 0.6 is 11.3 Å². The number of rotatable bonds is 5. The van der Waals surface area contributed by atoms with Crippen molar-refractivity contribution >= 4 is 29.2 Å². The lowest BCUT2D eigenvalue weighted by atomic mass is 9.79. The molecule has 142 valence electrons. The van der Waals surface area contributed by atoms with Gasteiger partial charge in [0.25, 0.3) is 5.91 Å². The number of guanidine groups is 1. The number of likely N-dealkylation sites (tertiary alicyclic amines) is 1. The minimum atomic E-state index is -0.802. The van der Waals surface area contributed by atoms with E-state index in [2.05, 4.69) is 32.8 Å². The van der Waals surface area contributed by atoms with E-state index >= 15 is 0 Å². The Kier molecular flexibility index (Phi) is 5.75. The highest BCUT2D eigenvalue weighted by Crippen LogP contribution is 2.30. The minimum absolute atomic E-state index is 0.128. The summed E-state index contributed by atoms with van der Waals surface area (Å²) in [6.07, 6.45) is 4.33. The second-order valence-electron chi connectivity index (χ2n) is 6.78. The number of thiazole rings is 1. The maximum atomic E-state index is 12.1. The molecule has 0 spiro atoms. The van der Waals surface area contributed by atoms with Gasteiger partial charge in [0.1, 0.15) is 5.54 Å². The van der Waals surface area contributed by atoms with Gasteiger partial charge in [-0.25, -0.2) is 9.78 Å². The van der Waals surface area contributed by atoms with Crippen molar-refractivity contribution in [3.63, 3.8) is 0 Å². The number of amides is 3. The van der Waals surface area contributed by atoms with Crippen molar-refractivity contribution in [1.82, 2.24) is 25.8 Å². The molecular formula is C17H26N6O2S. The van der Waals surface area contributed by atoms with E-state index < -0.39 is 11.6 Å². The number of aromatic nitrogens is 1. The van der Waals surface area contributed by atoms with E-state index in [0.29, 0.717) is 6.54 Å². The Morgan fingerprint density at radius 1 is 1.46 bits per heavy atom. The predicted molar refractivity (Wildman–Crippen MR) is 101 cm³/mol. The van der Waals surface area contributed by atoms with Gasteiger partial charge in [-0.3, -0.25) is 15.1 Å². The summed E-state index contributed by atoms with van der Waals surface area (Å²) in [4.78, 5) is 34.9. The number of piperidine rings is 1. The third-order valence-electron chi connectivity index (χ3n) is 5.09. The molecular weight excluding hydrogens is 352 g/mol. The van der Waals surface area contributed by atoms with Gasteiger partial charge in [-0.15, -0.1) is 11.3 Å². The van der Waals surface area contributed by atoms with Crippen LogP contribution in [-0.4, -0.2) is 59.5 Å². The molecule has 26 heavy (non-hydrogen) atoms. The molecule has 2 aliphatic rings. The largest absolute Gasteiger partial charge is 0.357 e. The first-order valence-electron chi connectivity index (χ1n) is 9.08. The summed E-state index contributed by atoms with van der Waals surface area (Å²) >= 11 is 1.65. The summed E-state index contributed by atoms with van der Waals surface area (Å²) < 4.78 is 0. The summed E-state index contributed by atoms with van der Waals surface area (Å²) in [6, 6.07) is -0.392. The molecule has 9 heteroatoms. The predicted octanol–water partition coefficient (Wildman–Crippen LogP) is 0.961. The van der Waals surface area contributed by atoms with Crippen molar-refractivity contribution in [2.24, 2.45) is 10.9 Å². The average Bonchev–Trinajstić information content (AvgIpc) is 3.23. The number of carbonyl (C=O) groups excluding carboxylic acids is 2. The molecule has 8 nitrogen and oxygen atoms in total. The van der Waals surface area contributed by atoms with Crippen LogP contribution in [0.1, 0.15) is 31.7 Å². The maximum Gasteiger partial charge on any atom is 0.322 e. The van der Waals surface area contributed by atoms with Crippen molar-refractivity contribution in [2.45, 2.75) is 38.6 Å². The van der Waals surface area contributed by atoms with Crippen LogP contribution in [0.3, 0.4) is 0 Å². The normalized spacial score (nSPS) is 24.5. The topological polar surface area (TPSA) is 98.7 Å². The van der Waals surface area contributed by atoms with Crippen LogP contribution in [-0.2, 0) is 11.2 Å². The number of carbonyl (C=O) groups is 2. The van der Waals surface area contributed by atoms with Crippen molar-refractivity contribution in [3.8, 4) is 0 Å². The summed E-state index contributed by atoms with van der Waals surface area (Å²) in [5, 5.41) is 11.6. The summed E-state index contributed by atoms with van der Waals surface area (Å²) in [6.45, 7) is 7.01. The van der Waals surface area contributed by atoms with Crippen LogP contribution < -0.4 is 16.0 Å². The maximum absolute atomic E-state index is 12.1. The SMILES string of the molecule is CCNC(=NCCc1nccs1)N1CCC(C2(C)NC(=O)NC2=O)CC1. The van der Waals surface area contributed by atoms with E-state index in [0.717, 1.165) is 49.9 Å². The van der Waals surface area contributed by atoms with Gasteiger partial charge in [0.15, 0.2) is 5.96 Å². The zero-order valence-corrected chi connectivity index (χ0v) is 16.1. The van der Waals surface area contributed by atoms with Gasteiger partial charge >= 0.3 is 6.03 Å². The molecule has 1 atom stereocenters. The van der Waals surface area contributed by atoms with Gasteiger partial charge in [0, 0.05) is 44.2 Å². The Labute approximate surface area is 157 Å². The first-order valence-corrected chi connectivity index (χ1v) is 9.96. The molecule has 3 heterocycles. The second-order valence-corrected chi connectivity index (χ2v) is 7.76. The molecule has 3 rings (SSSR count). The Hall–Kier alpha value is -2.16. The summed E-state index contributed by atoms with van der Waals surface area (Å²) in [5.41, 5.74) is -0.802. The van der Waals surface area contributed by atoms with Crippen LogP contribution in [0.25, 0.3) is 0 Å². The molecule has 0 radical (unpaired) electrons. The fourth-order valence-corrected chi connectivity index (χ4v) is 4.18. The summed E-state index contributed by atoms with van der Waals surface area (Å²) in [7, 11) is 0. The molecule has 0 aromatic carbocycles. The number of aliphatic imine (C=N–C) groups is 1. The molecule has 2 aliphatic heterocycles. The zero-order chi connectivity index (χ0) is 18.6. The van der Waals surface area contributed by atoms with E-state index in [1.807, 2.05) is 18.5 Å². The lowest BCUT2D eigenvalue weighted by Gasteiger charge is -2.39. The highest BCUT2D eigenvalue weighted by atomic mass is 32.1. The third-order valence-corrected chi connectivity index (χ3v) is 5.93. The quantitative estimate of drug-likeness (QED) is 0.403. The van der Waals surface area contributed by atoms with Gasteiger partial charge in [-0.05, 0) is 32.6 Å². The number of nitrogens with one attached hydrogen (secondary N) is 3. The molecule has 0 saturated carbocycles. The Morgan fingerprint density at radius 3 is 2.81 bits per heavy atom. The number of hydrogen-bond acceptors (Lipinski definition) is 5. The fourth-order valence-electron chi connectivity index (χ4n) is 3.57. The van der Waals surface area contributed by atoms with Crippen molar-refractivity contribution in [1.29, 1.82) is 0 Å². The smallest absolute Gasteiger partial charge is 0.322 e. The van der Waals surface area contributed by atoms with Crippen LogP contribution in [0.5, 0.6) is 0 Å². The van der Waals surface area contributed by atoms with E-state index in [4.69, 9.17) is 4.99 Å². The van der Waals surface area contributed by atoms with Crippen molar-refractivity contribution in [2.75, 3.05) is 26.2 Å². The van der Waals surface area contributed by atoms with Crippen LogP contribution in [0.4, 0.5) is 4.79 Å². The summed E-state index contributed by atoms with van der Waals surface area (Å²) in [5.74, 6) is 0.820. The lowest BCUT2D eigenvalue weighted by Crippen LogP contribution is -2.55. The van der Waals surface area contributed by atoms with Crippen LogP contribution in [0.15, 0.2) is 16.6 Å². The van der Waals surface area contributed by atoms with E-state index in [-0.39, 0.29) is 11.8 Å². The number of urea groups is 1. The fraction of sp³-hybridized carbons (Fsp3) is 0.647. The molecule has 1 unspecified atom stereocenters. The molecule has 0 aliphatic carbocycles. The third kappa shape index (κ3) is 3.98. The minimum Gasteiger partial charge on any atom is -0.357 e. The first-order chi connectivity index (χ1) is 12.5. The number of hydrogen-bond donors (Lipinski definition) is 3. The molecule has 0 bridgehead atoms. The zero-order valence-electron chi connectivity index (χ0n) is 15.2. The molecule has 2 saturated heterocycles. The monoisotopic (exact) mass is 378 g/mol. The van der Waals surface area contributed by atoms with Gasteiger partial charge < -0.3 is 15.5 Å². The van der Waals surface area contributed by atoms with Gasteiger partial charge in [-0.1, -0.05) is 0 Å². The van der Waals surface area contributed by atoms with E-state index in [9.17, 15) is 9.59 Å². The molecule has 1 aromatic heterocycles.